The molecule has 0 radical (unpaired) electrons. The first-order chi connectivity index (χ1) is 9.93. The van der Waals surface area contributed by atoms with Crippen molar-refractivity contribution < 1.29 is 13.2 Å². The van der Waals surface area contributed by atoms with Gasteiger partial charge in [0.2, 0.25) is 0 Å². The lowest BCUT2D eigenvalue weighted by atomic mass is 10.0. The molecule has 21 heavy (non-hydrogen) atoms. The predicted octanol–water partition coefficient (Wildman–Crippen LogP) is 3.05. The van der Waals surface area contributed by atoms with Gasteiger partial charge in [-0.15, -0.1) is 0 Å². The molecule has 0 bridgehead atoms. The molecule has 1 aromatic carbocycles. The zero-order valence-electron chi connectivity index (χ0n) is 11.4. The van der Waals surface area contributed by atoms with Crippen molar-refractivity contribution >= 4 is 17.3 Å². The van der Waals surface area contributed by atoms with E-state index in [1.54, 1.807) is 0 Å². The van der Waals surface area contributed by atoms with Crippen LogP contribution < -0.4 is 16.6 Å². The Labute approximate surface area is 119 Å². The molecule has 8 heteroatoms. The Hall–Kier alpha value is -2.35. The smallest absolute Gasteiger partial charge is 0.182 e. The molecule has 2 rings (SSSR count). The van der Waals surface area contributed by atoms with E-state index in [0.717, 1.165) is 6.07 Å². The van der Waals surface area contributed by atoms with E-state index in [1.165, 1.54) is 6.33 Å². The van der Waals surface area contributed by atoms with Gasteiger partial charge in [0.25, 0.3) is 0 Å². The van der Waals surface area contributed by atoms with Crippen molar-refractivity contribution in [2.75, 3.05) is 10.7 Å². The SMILES string of the molecule is CC(C)c1c(NN)ncnc1Nc1cc(F)cc(F)c1F. The van der Waals surface area contributed by atoms with Crippen molar-refractivity contribution in [1.29, 1.82) is 0 Å². The van der Waals surface area contributed by atoms with Gasteiger partial charge in [0.05, 0.1) is 5.69 Å². The summed E-state index contributed by atoms with van der Waals surface area (Å²) in [5.74, 6) is 2.51. The Kier molecular flexibility index (Phi) is 4.27. The summed E-state index contributed by atoms with van der Waals surface area (Å²) < 4.78 is 40.1. The van der Waals surface area contributed by atoms with Gasteiger partial charge < -0.3 is 10.7 Å². The number of nitrogen functional groups attached to an aromatic ring is 1. The maximum Gasteiger partial charge on any atom is 0.182 e. The van der Waals surface area contributed by atoms with Crippen LogP contribution in [0.3, 0.4) is 0 Å². The number of hydrogen-bond acceptors (Lipinski definition) is 5. The van der Waals surface area contributed by atoms with Crippen molar-refractivity contribution in [3.05, 3.63) is 41.5 Å². The van der Waals surface area contributed by atoms with E-state index >= 15 is 0 Å². The van der Waals surface area contributed by atoms with Crippen molar-refractivity contribution in [2.24, 2.45) is 5.84 Å². The average Bonchev–Trinajstić information content (AvgIpc) is 2.43. The zero-order chi connectivity index (χ0) is 15.6. The van der Waals surface area contributed by atoms with Crippen LogP contribution in [0.2, 0.25) is 0 Å². The first-order valence-corrected chi connectivity index (χ1v) is 6.17. The fourth-order valence-corrected chi connectivity index (χ4v) is 1.93. The van der Waals surface area contributed by atoms with Gasteiger partial charge in [-0.25, -0.2) is 29.0 Å². The molecule has 0 fully saturated rings. The molecule has 0 amide bonds. The largest absolute Gasteiger partial charge is 0.337 e. The van der Waals surface area contributed by atoms with E-state index in [9.17, 15) is 13.2 Å². The monoisotopic (exact) mass is 297 g/mol. The molecule has 2 aromatic rings. The number of nitrogens with zero attached hydrogens (tertiary/aromatic N) is 2. The third-order valence-electron chi connectivity index (χ3n) is 2.84. The van der Waals surface area contributed by atoms with E-state index in [-0.39, 0.29) is 17.4 Å². The van der Waals surface area contributed by atoms with Gasteiger partial charge in [-0.2, -0.15) is 0 Å². The predicted molar refractivity (Wildman–Crippen MR) is 73.5 cm³/mol. The highest BCUT2D eigenvalue weighted by molar-refractivity contribution is 5.66. The van der Waals surface area contributed by atoms with Gasteiger partial charge >= 0.3 is 0 Å². The van der Waals surface area contributed by atoms with Crippen LogP contribution in [0.25, 0.3) is 0 Å². The maximum absolute atomic E-state index is 13.7. The number of hydrogen-bond donors (Lipinski definition) is 3. The van der Waals surface area contributed by atoms with Crippen LogP contribution in [-0.4, -0.2) is 9.97 Å². The Morgan fingerprint density at radius 2 is 1.76 bits per heavy atom. The summed E-state index contributed by atoms with van der Waals surface area (Å²) in [5.41, 5.74) is 2.63. The number of nitrogens with one attached hydrogen (secondary N) is 2. The molecule has 0 saturated heterocycles. The molecular formula is C13H14F3N5. The quantitative estimate of drug-likeness (QED) is 0.459. The summed E-state index contributed by atoms with van der Waals surface area (Å²) in [7, 11) is 0. The van der Waals surface area contributed by atoms with E-state index in [0.29, 0.717) is 17.4 Å². The standard InChI is InChI=1S/C13H14F3N5/c1-6(2)10-12(18-5-19-13(10)21-17)20-9-4-7(14)3-8(15)11(9)16/h3-6H,17H2,1-2H3,(H2,18,19,20,21). The number of aromatic nitrogens is 2. The van der Waals surface area contributed by atoms with Gasteiger partial charge in [-0.3, -0.25) is 0 Å². The van der Waals surface area contributed by atoms with Gasteiger partial charge in [0, 0.05) is 17.7 Å². The second-order valence-corrected chi connectivity index (χ2v) is 4.66. The number of rotatable bonds is 4. The van der Waals surface area contributed by atoms with Crippen LogP contribution in [0.4, 0.5) is 30.5 Å². The molecule has 0 unspecified atom stereocenters. The van der Waals surface area contributed by atoms with Crippen LogP contribution in [0.15, 0.2) is 18.5 Å². The van der Waals surface area contributed by atoms with Gasteiger partial charge in [-0.05, 0) is 5.92 Å². The highest BCUT2D eigenvalue weighted by atomic mass is 19.2. The van der Waals surface area contributed by atoms with Crippen molar-refractivity contribution in [2.45, 2.75) is 19.8 Å². The molecule has 0 aliphatic carbocycles. The minimum absolute atomic E-state index is 0.0544. The normalized spacial score (nSPS) is 10.8. The highest BCUT2D eigenvalue weighted by Gasteiger charge is 2.17. The maximum atomic E-state index is 13.7. The number of hydrazine groups is 1. The average molecular weight is 297 g/mol. The summed E-state index contributed by atoms with van der Waals surface area (Å²) >= 11 is 0. The molecule has 1 aromatic heterocycles. The molecule has 1 heterocycles. The summed E-state index contributed by atoms with van der Waals surface area (Å²) in [4.78, 5) is 7.92. The minimum atomic E-state index is -1.28. The molecule has 112 valence electrons. The molecule has 0 atom stereocenters. The summed E-state index contributed by atoms with van der Waals surface area (Å²) in [5, 5.41) is 2.58. The lowest BCUT2D eigenvalue weighted by Crippen LogP contribution is -2.14. The van der Waals surface area contributed by atoms with Crippen LogP contribution in [-0.2, 0) is 0 Å². The molecule has 5 nitrogen and oxygen atoms in total. The van der Waals surface area contributed by atoms with Crippen molar-refractivity contribution in [1.82, 2.24) is 9.97 Å². The van der Waals surface area contributed by atoms with Crippen LogP contribution in [0.5, 0.6) is 0 Å². The Morgan fingerprint density at radius 1 is 1.10 bits per heavy atom. The first-order valence-electron chi connectivity index (χ1n) is 6.17. The fourth-order valence-electron chi connectivity index (χ4n) is 1.93. The van der Waals surface area contributed by atoms with E-state index in [1.807, 2.05) is 13.8 Å². The topological polar surface area (TPSA) is 75.9 Å². The number of anilines is 3. The lowest BCUT2D eigenvalue weighted by Gasteiger charge is -2.16. The molecule has 0 spiro atoms. The van der Waals surface area contributed by atoms with Crippen molar-refractivity contribution in [3.63, 3.8) is 0 Å². The molecular weight excluding hydrogens is 283 g/mol. The Bertz CT molecular complexity index is 660. The second-order valence-electron chi connectivity index (χ2n) is 4.66. The molecule has 0 saturated carbocycles. The van der Waals surface area contributed by atoms with E-state index in [4.69, 9.17) is 5.84 Å². The third kappa shape index (κ3) is 3.05. The zero-order valence-corrected chi connectivity index (χ0v) is 11.4. The lowest BCUT2D eigenvalue weighted by molar-refractivity contribution is 0.498. The van der Waals surface area contributed by atoms with Crippen LogP contribution >= 0.6 is 0 Å². The number of benzene rings is 1. The highest BCUT2D eigenvalue weighted by Crippen LogP contribution is 2.31. The van der Waals surface area contributed by atoms with Crippen molar-refractivity contribution in [3.8, 4) is 0 Å². The minimum Gasteiger partial charge on any atom is -0.337 e. The molecule has 4 N–H and O–H groups in total. The van der Waals surface area contributed by atoms with Crippen LogP contribution in [0.1, 0.15) is 25.3 Å². The molecule has 0 aliphatic heterocycles. The van der Waals surface area contributed by atoms with E-state index in [2.05, 4.69) is 20.7 Å². The third-order valence-corrected chi connectivity index (χ3v) is 2.84. The summed E-state index contributed by atoms with van der Waals surface area (Å²) in [6.07, 6.45) is 1.21. The summed E-state index contributed by atoms with van der Waals surface area (Å²) in [6.45, 7) is 3.71. The van der Waals surface area contributed by atoms with E-state index < -0.39 is 17.5 Å². The fraction of sp³-hybridized carbons (Fsp3) is 0.231. The van der Waals surface area contributed by atoms with Gasteiger partial charge in [0.1, 0.15) is 23.8 Å². The number of nitrogens with two attached hydrogens (primary N) is 1. The Balaban J connectivity index is 2.50. The van der Waals surface area contributed by atoms with Gasteiger partial charge in [-0.1, -0.05) is 13.8 Å². The first kappa shape index (κ1) is 15.0. The number of halogens is 3. The molecule has 0 aliphatic rings. The van der Waals surface area contributed by atoms with Gasteiger partial charge in [0.15, 0.2) is 11.6 Å². The van der Waals surface area contributed by atoms with Crippen LogP contribution in [0, 0.1) is 17.5 Å². The second kappa shape index (κ2) is 5.96. The summed E-state index contributed by atoms with van der Waals surface area (Å²) in [6, 6.07) is 1.32. The Morgan fingerprint density at radius 3 is 2.38 bits per heavy atom.